The van der Waals surface area contributed by atoms with E-state index in [0.29, 0.717) is 18.9 Å². The van der Waals surface area contributed by atoms with Crippen LogP contribution < -0.4 is 10.9 Å². The summed E-state index contributed by atoms with van der Waals surface area (Å²) < 4.78 is 65.3. The predicted molar refractivity (Wildman–Crippen MR) is 67.6 cm³/mol. The van der Waals surface area contributed by atoms with Crippen molar-refractivity contribution in [2.75, 3.05) is 5.01 Å². The second-order valence-electron chi connectivity index (χ2n) is 4.28. The van der Waals surface area contributed by atoms with Gasteiger partial charge in [0, 0.05) is 6.42 Å². The Morgan fingerprint density at radius 2 is 2.00 bits per heavy atom. The molecule has 9 heteroatoms. The molecule has 1 aliphatic heterocycles. The molecule has 110 valence electrons. The van der Waals surface area contributed by atoms with Gasteiger partial charge in [0.15, 0.2) is 0 Å². The molecule has 1 aliphatic rings. The molecule has 1 aromatic rings. The summed E-state index contributed by atoms with van der Waals surface area (Å²) in [4.78, 5) is -0.533. The smallest absolute Gasteiger partial charge is 0.264 e. The second kappa shape index (κ2) is 4.74. The Morgan fingerprint density at radius 1 is 1.35 bits per heavy atom. The largest absolute Gasteiger partial charge is 0.416 e. The van der Waals surface area contributed by atoms with E-state index in [-0.39, 0.29) is 11.5 Å². The van der Waals surface area contributed by atoms with Crippen LogP contribution in [-0.4, -0.2) is 14.3 Å². The summed E-state index contributed by atoms with van der Waals surface area (Å²) in [6.45, 7) is 1.81. The fourth-order valence-electron chi connectivity index (χ4n) is 1.86. The van der Waals surface area contributed by atoms with E-state index in [1.807, 2.05) is 6.92 Å². The lowest BCUT2D eigenvalue weighted by Crippen LogP contribution is -2.41. The monoisotopic (exact) mass is 307 g/mol. The van der Waals surface area contributed by atoms with Crippen LogP contribution >= 0.6 is 0 Å². The van der Waals surface area contributed by atoms with Crippen LogP contribution in [0, 0.1) is 0 Å². The number of benzene rings is 1. The predicted octanol–water partition coefficient (Wildman–Crippen LogP) is 2.29. The van der Waals surface area contributed by atoms with E-state index in [9.17, 15) is 21.6 Å². The molecule has 0 atom stereocenters. The summed E-state index contributed by atoms with van der Waals surface area (Å²) in [5.41, 5.74) is -1.06. The fraction of sp³-hybridized carbons (Fsp3) is 0.364. The average molecular weight is 307 g/mol. The standard InChI is InChI=1S/C11H12F3N3O2S/c1-2-3-10-16-20(18,19)9-6-7(11(12,13)14)4-5-8(9)17(10)15/h4-6H,2-3,15H2,1H3. The number of nitrogens with two attached hydrogens (primary N) is 1. The number of halogens is 3. The van der Waals surface area contributed by atoms with Crippen molar-refractivity contribution in [1.82, 2.24) is 0 Å². The number of amidine groups is 1. The molecule has 1 aromatic carbocycles. The summed E-state index contributed by atoms with van der Waals surface area (Å²) in [6.07, 6.45) is -3.70. The minimum atomic E-state index is -4.63. The summed E-state index contributed by atoms with van der Waals surface area (Å²) >= 11 is 0. The van der Waals surface area contributed by atoms with Crippen LogP contribution in [0.15, 0.2) is 27.5 Å². The number of sulfonamides is 1. The Labute approximate surface area is 113 Å². The van der Waals surface area contributed by atoms with Gasteiger partial charge in [-0.2, -0.15) is 21.6 Å². The maximum absolute atomic E-state index is 12.6. The Morgan fingerprint density at radius 3 is 2.55 bits per heavy atom. The van der Waals surface area contributed by atoms with Crippen molar-refractivity contribution in [3.05, 3.63) is 23.8 Å². The molecular formula is C11H12F3N3O2S. The molecule has 5 nitrogen and oxygen atoms in total. The van der Waals surface area contributed by atoms with E-state index in [0.717, 1.165) is 17.1 Å². The zero-order valence-electron chi connectivity index (χ0n) is 10.5. The minimum absolute atomic E-state index is 0.00329. The van der Waals surface area contributed by atoms with Gasteiger partial charge in [-0.15, -0.1) is 4.40 Å². The zero-order valence-corrected chi connectivity index (χ0v) is 11.3. The van der Waals surface area contributed by atoms with Crippen molar-refractivity contribution in [3.63, 3.8) is 0 Å². The number of alkyl halides is 3. The van der Waals surface area contributed by atoms with Crippen molar-refractivity contribution in [2.45, 2.75) is 30.8 Å². The van der Waals surface area contributed by atoms with Gasteiger partial charge in [-0.05, 0) is 24.6 Å². The van der Waals surface area contributed by atoms with Gasteiger partial charge in [0.1, 0.15) is 10.7 Å². The molecule has 2 rings (SSSR count). The summed E-state index contributed by atoms with van der Waals surface area (Å²) in [6, 6.07) is 2.39. The molecule has 0 bridgehead atoms. The van der Waals surface area contributed by atoms with Crippen LogP contribution in [0.1, 0.15) is 25.3 Å². The van der Waals surface area contributed by atoms with E-state index < -0.39 is 26.7 Å². The van der Waals surface area contributed by atoms with E-state index in [4.69, 9.17) is 5.84 Å². The molecule has 2 N–H and O–H groups in total. The van der Waals surface area contributed by atoms with Gasteiger partial charge >= 0.3 is 6.18 Å². The first-order chi connectivity index (χ1) is 9.16. The van der Waals surface area contributed by atoms with Crippen LogP contribution in [0.3, 0.4) is 0 Å². The number of hydrogen-bond acceptors (Lipinski definition) is 4. The van der Waals surface area contributed by atoms with Crippen molar-refractivity contribution < 1.29 is 21.6 Å². The van der Waals surface area contributed by atoms with Crippen molar-refractivity contribution >= 4 is 21.5 Å². The van der Waals surface area contributed by atoms with Gasteiger partial charge in [0.25, 0.3) is 10.0 Å². The van der Waals surface area contributed by atoms with E-state index in [1.165, 1.54) is 0 Å². The molecule has 0 saturated heterocycles. The normalized spacial score (nSPS) is 17.6. The Bertz CT molecular complexity index is 668. The van der Waals surface area contributed by atoms with Gasteiger partial charge < -0.3 is 0 Å². The zero-order chi connectivity index (χ0) is 15.1. The number of rotatable bonds is 2. The van der Waals surface area contributed by atoms with Gasteiger partial charge in [0.05, 0.1) is 11.3 Å². The maximum Gasteiger partial charge on any atom is 0.416 e. The summed E-state index contributed by atoms with van der Waals surface area (Å²) in [7, 11) is -4.16. The second-order valence-corrected chi connectivity index (χ2v) is 5.86. The molecule has 20 heavy (non-hydrogen) atoms. The quantitative estimate of drug-likeness (QED) is 0.851. The molecule has 0 aromatic heterocycles. The maximum atomic E-state index is 12.6. The number of fused-ring (bicyclic) bond motifs is 1. The van der Waals surface area contributed by atoms with Crippen LogP contribution in [0.25, 0.3) is 0 Å². The molecule has 0 unspecified atom stereocenters. The topological polar surface area (TPSA) is 75.8 Å². The van der Waals surface area contributed by atoms with Crippen molar-refractivity contribution in [1.29, 1.82) is 0 Å². The molecule has 0 aliphatic carbocycles. The van der Waals surface area contributed by atoms with Crippen LogP contribution in [-0.2, 0) is 16.2 Å². The van der Waals surface area contributed by atoms with Gasteiger partial charge in [0.2, 0.25) is 0 Å². The minimum Gasteiger partial charge on any atom is -0.264 e. The third kappa shape index (κ3) is 2.50. The van der Waals surface area contributed by atoms with Gasteiger partial charge in [-0.3, -0.25) is 5.01 Å². The third-order valence-corrected chi connectivity index (χ3v) is 4.14. The lowest BCUT2D eigenvalue weighted by Gasteiger charge is -2.26. The molecule has 0 spiro atoms. The highest BCUT2D eigenvalue weighted by Gasteiger charge is 2.35. The third-order valence-electron chi connectivity index (χ3n) is 2.80. The number of hydrazine groups is 1. The Kier molecular flexibility index (Phi) is 3.51. The van der Waals surface area contributed by atoms with Crippen LogP contribution in [0.2, 0.25) is 0 Å². The number of anilines is 1. The Balaban J connectivity index is 2.61. The first-order valence-corrected chi connectivity index (χ1v) is 7.20. The molecule has 0 fully saturated rings. The first-order valence-electron chi connectivity index (χ1n) is 5.76. The average Bonchev–Trinajstić information content (AvgIpc) is 2.34. The molecule has 0 saturated carbocycles. The van der Waals surface area contributed by atoms with Crippen molar-refractivity contribution in [3.8, 4) is 0 Å². The Hall–Kier alpha value is -1.61. The lowest BCUT2D eigenvalue weighted by molar-refractivity contribution is -0.137. The van der Waals surface area contributed by atoms with Gasteiger partial charge in [-0.1, -0.05) is 6.92 Å². The van der Waals surface area contributed by atoms with Crippen LogP contribution in [0.5, 0.6) is 0 Å². The number of nitrogens with zero attached hydrogens (tertiary/aromatic N) is 2. The first kappa shape index (κ1) is 14.8. The highest BCUT2D eigenvalue weighted by molar-refractivity contribution is 7.90. The van der Waals surface area contributed by atoms with E-state index in [2.05, 4.69) is 4.40 Å². The lowest BCUT2D eigenvalue weighted by atomic mass is 10.2. The molecular weight excluding hydrogens is 295 g/mol. The highest BCUT2D eigenvalue weighted by Crippen LogP contribution is 2.37. The van der Waals surface area contributed by atoms with E-state index >= 15 is 0 Å². The fourth-order valence-corrected chi connectivity index (χ4v) is 3.12. The molecule has 1 heterocycles. The van der Waals surface area contributed by atoms with Crippen molar-refractivity contribution in [2.24, 2.45) is 10.2 Å². The van der Waals surface area contributed by atoms with Crippen LogP contribution in [0.4, 0.5) is 18.9 Å². The molecule has 0 amide bonds. The summed E-state index contributed by atoms with van der Waals surface area (Å²) in [5.74, 6) is 5.82. The van der Waals surface area contributed by atoms with Gasteiger partial charge in [-0.25, -0.2) is 5.84 Å². The SMILES string of the molecule is CCCC1=NS(=O)(=O)c2cc(C(F)(F)F)ccc2N1N. The highest BCUT2D eigenvalue weighted by atomic mass is 32.2. The molecule has 0 radical (unpaired) electrons. The number of hydrogen-bond donors (Lipinski definition) is 1. The summed E-state index contributed by atoms with van der Waals surface area (Å²) in [5, 5.41) is 1.01. The van der Waals surface area contributed by atoms with E-state index in [1.54, 1.807) is 0 Å².